The van der Waals surface area contributed by atoms with Gasteiger partial charge in [-0.1, -0.05) is 12.8 Å². The highest BCUT2D eigenvalue weighted by Crippen LogP contribution is 2.17. The summed E-state index contributed by atoms with van der Waals surface area (Å²) in [5.74, 6) is 2.70. The monoisotopic (exact) mass is 222 g/mol. The quantitative estimate of drug-likeness (QED) is 0.505. The van der Waals surface area contributed by atoms with Gasteiger partial charge in [-0.2, -0.15) is 0 Å². The molecule has 0 aromatic rings. The first kappa shape index (κ1) is 13.1. The van der Waals surface area contributed by atoms with E-state index < -0.39 is 0 Å². The molecule has 16 heavy (non-hydrogen) atoms. The molecule has 0 aliphatic heterocycles. The van der Waals surface area contributed by atoms with Crippen molar-refractivity contribution in [2.75, 3.05) is 13.1 Å². The van der Waals surface area contributed by atoms with Crippen molar-refractivity contribution in [2.45, 2.75) is 51.0 Å². The van der Waals surface area contributed by atoms with Gasteiger partial charge in [-0.3, -0.25) is 4.79 Å². The van der Waals surface area contributed by atoms with Crippen molar-refractivity contribution < 1.29 is 4.79 Å². The van der Waals surface area contributed by atoms with Gasteiger partial charge in [0.2, 0.25) is 5.91 Å². The summed E-state index contributed by atoms with van der Waals surface area (Å²) in [7, 11) is 0. The fourth-order valence-corrected chi connectivity index (χ4v) is 2.01. The molecule has 1 rings (SSSR count). The van der Waals surface area contributed by atoms with Gasteiger partial charge in [-0.25, -0.2) is 0 Å². The minimum atomic E-state index is 0.104. The fraction of sp³-hybridized carbons (Fsp3) is 0.769. The lowest BCUT2D eigenvalue weighted by Gasteiger charge is -2.11. The van der Waals surface area contributed by atoms with E-state index in [1.54, 1.807) is 0 Å². The molecule has 0 heterocycles. The van der Waals surface area contributed by atoms with Crippen LogP contribution in [-0.2, 0) is 4.79 Å². The van der Waals surface area contributed by atoms with Gasteiger partial charge in [0.1, 0.15) is 0 Å². The summed E-state index contributed by atoms with van der Waals surface area (Å²) in [6.45, 7) is 1.20. The molecular weight excluding hydrogens is 200 g/mol. The van der Waals surface area contributed by atoms with Gasteiger partial charge in [-0.15, -0.1) is 12.3 Å². The number of carbonyl (C=O) groups excluding carboxylic acids is 1. The van der Waals surface area contributed by atoms with E-state index in [2.05, 4.69) is 16.6 Å². The molecule has 3 nitrogen and oxygen atoms in total. The van der Waals surface area contributed by atoms with Crippen molar-refractivity contribution in [1.29, 1.82) is 0 Å². The Bertz CT molecular complexity index is 239. The van der Waals surface area contributed by atoms with Gasteiger partial charge in [0.15, 0.2) is 0 Å². The lowest BCUT2D eigenvalue weighted by molar-refractivity contribution is -0.120. The highest BCUT2D eigenvalue weighted by molar-refractivity contribution is 5.77. The van der Waals surface area contributed by atoms with Crippen LogP contribution >= 0.6 is 0 Å². The van der Waals surface area contributed by atoms with Gasteiger partial charge in [0.05, 0.1) is 6.54 Å². The van der Waals surface area contributed by atoms with Crippen LogP contribution in [0.1, 0.15) is 44.9 Å². The third-order valence-corrected chi connectivity index (χ3v) is 2.98. The average Bonchev–Trinajstić information content (AvgIpc) is 2.79. The third-order valence-electron chi connectivity index (χ3n) is 2.98. The predicted octanol–water partition coefficient (Wildman–Crippen LogP) is 1.44. The Morgan fingerprint density at radius 2 is 2.06 bits per heavy atom. The molecule has 1 amide bonds. The molecule has 0 unspecified atom stereocenters. The molecule has 90 valence electrons. The van der Waals surface area contributed by atoms with E-state index in [1.165, 1.54) is 25.7 Å². The zero-order chi connectivity index (χ0) is 11.6. The van der Waals surface area contributed by atoms with E-state index in [1.807, 2.05) is 0 Å². The molecule has 1 aliphatic rings. The summed E-state index contributed by atoms with van der Waals surface area (Å²) in [6, 6.07) is 0.562. The lowest BCUT2D eigenvalue weighted by Crippen LogP contribution is -2.38. The Labute approximate surface area is 98.4 Å². The van der Waals surface area contributed by atoms with Gasteiger partial charge in [0.25, 0.3) is 0 Å². The van der Waals surface area contributed by atoms with E-state index in [-0.39, 0.29) is 5.91 Å². The van der Waals surface area contributed by atoms with Crippen LogP contribution in [-0.4, -0.2) is 25.0 Å². The molecule has 0 aromatic carbocycles. The molecular formula is C13H22N2O. The van der Waals surface area contributed by atoms with Crippen molar-refractivity contribution in [1.82, 2.24) is 10.6 Å². The minimum absolute atomic E-state index is 0.104. The van der Waals surface area contributed by atoms with Crippen LogP contribution in [0.3, 0.4) is 0 Å². The van der Waals surface area contributed by atoms with E-state index in [0.29, 0.717) is 12.6 Å². The maximum Gasteiger partial charge on any atom is 0.233 e. The molecule has 1 aliphatic carbocycles. The number of hydrogen-bond acceptors (Lipinski definition) is 2. The molecule has 3 heteroatoms. The Morgan fingerprint density at radius 1 is 1.31 bits per heavy atom. The van der Waals surface area contributed by atoms with E-state index in [4.69, 9.17) is 6.42 Å². The maximum absolute atomic E-state index is 11.4. The first-order valence-corrected chi connectivity index (χ1v) is 6.26. The second kappa shape index (κ2) is 8.18. The Morgan fingerprint density at radius 3 is 2.75 bits per heavy atom. The zero-order valence-electron chi connectivity index (χ0n) is 9.93. The van der Waals surface area contributed by atoms with E-state index in [0.717, 1.165) is 25.8 Å². The molecule has 0 atom stereocenters. The summed E-state index contributed by atoms with van der Waals surface area (Å²) in [5, 5.41) is 6.18. The van der Waals surface area contributed by atoms with Gasteiger partial charge in [0, 0.05) is 19.0 Å². The number of rotatable bonds is 7. The topological polar surface area (TPSA) is 41.1 Å². The largest absolute Gasteiger partial charge is 0.355 e. The summed E-state index contributed by atoms with van der Waals surface area (Å²) in [5.41, 5.74) is 0. The van der Waals surface area contributed by atoms with Gasteiger partial charge in [-0.05, 0) is 25.7 Å². The maximum atomic E-state index is 11.4. The second-order valence-electron chi connectivity index (χ2n) is 4.37. The van der Waals surface area contributed by atoms with Crippen LogP contribution in [0.5, 0.6) is 0 Å². The number of hydrogen-bond donors (Lipinski definition) is 2. The van der Waals surface area contributed by atoms with Crippen LogP contribution < -0.4 is 10.6 Å². The molecule has 1 fully saturated rings. The van der Waals surface area contributed by atoms with Gasteiger partial charge >= 0.3 is 0 Å². The van der Waals surface area contributed by atoms with E-state index in [9.17, 15) is 4.79 Å². The van der Waals surface area contributed by atoms with Crippen LogP contribution in [0.25, 0.3) is 0 Å². The summed E-state index contributed by atoms with van der Waals surface area (Å²) in [4.78, 5) is 11.4. The van der Waals surface area contributed by atoms with Crippen LogP contribution in [0.4, 0.5) is 0 Å². The average molecular weight is 222 g/mol. The normalized spacial score (nSPS) is 15.9. The van der Waals surface area contributed by atoms with E-state index >= 15 is 0 Å². The Hall–Kier alpha value is -1.01. The summed E-state index contributed by atoms with van der Waals surface area (Å²) in [6.07, 6.45) is 12.9. The summed E-state index contributed by atoms with van der Waals surface area (Å²) >= 11 is 0. The number of nitrogens with one attached hydrogen (secondary N) is 2. The summed E-state index contributed by atoms with van der Waals surface area (Å²) < 4.78 is 0. The minimum Gasteiger partial charge on any atom is -0.355 e. The first-order chi connectivity index (χ1) is 7.83. The fourth-order valence-electron chi connectivity index (χ4n) is 2.01. The van der Waals surface area contributed by atoms with Crippen molar-refractivity contribution >= 4 is 5.91 Å². The molecule has 0 spiro atoms. The number of unbranched alkanes of at least 4 members (excludes halogenated alkanes) is 2. The molecule has 0 bridgehead atoms. The molecule has 0 radical (unpaired) electrons. The predicted molar refractivity (Wildman–Crippen MR) is 66.0 cm³/mol. The molecule has 2 N–H and O–H groups in total. The zero-order valence-corrected chi connectivity index (χ0v) is 9.93. The highest BCUT2D eigenvalue weighted by atomic mass is 16.1. The molecule has 0 saturated heterocycles. The highest BCUT2D eigenvalue weighted by Gasteiger charge is 2.14. The smallest absolute Gasteiger partial charge is 0.233 e. The molecule has 1 saturated carbocycles. The standard InChI is InChI=1S/C13H22N2O/c1-2-3-4-7-10-14-13(16)11-15-12-8-5-6-9-12/h1,12,15H,3-11H2,(H,14,16). The lowest BCUT2D eigenvalue weighted by atomic mass is 10.2. The Kier molecular flexibility index (Phi) is 6.67. The second-order valence-corrected chi connectivity index (χ2v) is 4.37. The van der Waals surface area contributed by atoms with Crippen LogP contribution in [0, 0.1) is 12.3 Å². The number of terminal acetylenes is 1. The van der Waals surface area contributed by atoms with Crippen molar-refractivity contribution in [2.24, 2.45) is 0 Å². The first-order valence-electron chi connectivity index (χ1n) is 6.26. The van der Waals surface area contributed by atoms with Gasteiger partial charge < -0.3 is 10.6 Å². The molecule has 0 aromatic heterocycles. The van der Waals surface area contributed by atoms with Crippen molar-refractivity contribution in [3.8, 4) is 12.3 Å². The van der Waals surface area contributed by atoms with Crippen LogP contribution in [0.15, 0.2) is 0 Å². The number of carbonyl (C=O) groups is 1. The van der Waals surface area contributed by atoms with Crippen molar-refractivity contribution in [3.05, 3.63) is 0 Å². The number of amides is 1. The van der Waals surface area contributed by atoms with Crippen molar-refractivity contribution in [3.63, 3.8) is 0 Å². The third kappa shape index (κ3) is 5.77. The Balaban J connectivity index is 1.92. The van der Waals surface area contributed by atoms with Crippen LogP contribution in [0.2, 0.25) is 0 Å². The SMILES string of the molecule is C#CCCCCNC(=O)CNC1CCCC1.